The average molecular weight is 609 g/mol. The molecule has 7 nitrogen and oxygen atoms in total. The van der Waals surface area contributed by atoms with Gasteiger partial charge in [0, 0.05) is 42.7 Å². The quantitative estimate of drug-likeness (QED) is 0.165. The molecule has 4 rings (SSSR count). The van der Waals surface area contributed by atoms with Crippen molar-refractivity contribution in [2.45, 2.75) is 58.4 Å². The van der Waals surface area contributed by atoms with E-state index in [0.29, 0.717) is 30.3 Å². The number of amides is 2. The molecule has 2 amide bonds. The standard InChI is InChI=1S/C36H41ClN6O/c1-4-32-25-42(26-40-32)19-15-27(2)22-30-23-31(37)11-14-35(30)34(8-6-5-7-18-39-3)29-16-20-43(21-17-29)36(44)41-33-12-9-28(24-38)10-13-33/h5-7,9-14,18,22-23,25-26,29,34H,3-4,8,15-17,19-21H2,1-2H3,(H,41,44)/b6-5-,18-7-,27-22+. The van der Waals surface area contributed by atoms with Gasteiger partial charge in [0.1, 0.15) is 0 Å². The number of nitrogens with zero attached hydrogens (tertiary/aromatic N) is 5. The molecule has 1 unspecified atom stereocenters. The SMILES string of the molecule is C=N/C=C\C=C/CC(c1ccc(Cl)cc1/C=C(\C)CCn1cnc(CC)c1)C1CCN(C(=O)Nc2ccc(C#N)cc2)CC1. The third kappa shape index (κ3) is 9.29. The van der Waals surface area contributed by atoms with E-state index in [1.165, 1.54) is 11.1 Å². The lowest BCUT2D eigenvalue weighted by atomic mass is 9.76. The van der Waals surface area contributed by atoms with Gasteiger partial charge in [0.15, 0.2) is 0 Å². The maximum Gasteiger partial charge on any atom is 0.321 e. The van der Waals surface area contributed by atoms with Gasteiger partial charge in [0.25, 0.3) is 0 Å². The molecular weight excluding hydrogens is 568 g/mol. The van der Waals surface area contributed by atoms with Gasteiger partial charge in [-0.2, -0.15) is 5.26 Å². The second kappa shape index (κ2) is 16.4. The van der Waals surface area contributed by atoms with Gasteiger partial charge in [-0.05, 0) is 111 Å². The first-order valence-corrected chi connectivity index (χ1v) is 15.6. The Hall–Kier alpha value is -4.41. The van der Waals surface area contributed by atoms with E-state index in [4.69, 9.17) is 16.9 Å². The second-order valence-corrected chi connectivity index (χ2v) is 11.6. The van der Waals surface area contributed by atoms with E-state index in [2.05, 4.69) is 77.0 Å². The number of benzene rings is 2. The van der Waals surface area contributed by atoms with E-state index in [9.17, 15) is 4.79 Å². The minimum atomic E-state index is -0.110. The number of hydrogen-bond acceptors (Lipinski definition) is 4. The Labute approximate surface area is 266 Å². The lowest BCUT2D eigenvalue weighted by Crippen LogP contribution is -2.42. The molecule has 1 N–H and O–H groups in total. The number of urea groups is 1. The van der Waals surface area contributed by atoms with Crippen LogP contribution in [0.2, 0.25) is 5.02 Å². The predicted molar refractivity (Wildman–Crippen MR) is 181 cm³/mol. The maximum absolute atomic E-state index is 13.0. The van der Waals surface area contributed by atoms with E-state index >= 15 is 0 Å². The number of allylic oxidation sites excluding steroid dienone is 4. The second-order valence-electron chi connectivity index (χ2n) is 11.2. The molecule has 0 spiro atoms. The molecule has 228 valence electrons. The number of likely N-dealkylation sites (tertiary alicyclic amines) is 1. The highest BCUT2D eigenvalue weighted by Crippen LogP contribution is 2.39. The van der Waals surface area contributed by atoms with Crippen molar-refractivity contribution in [1.82, 2.24) is 14.5 Å². The van der Waals surface area contributed by atoms with Crippen molar-refractivity contribution in [2.75, 3.05) is 18.4 Å². The predicted octanol–water partition coefficient (Wildman–Crippen LogP) is 8.65. The zero-order valence-corrected chi connectivity index (χ0v) is 26.4. The van der Waals surface area contributed by atoms with Crippen LogP contribution in [0.3, 0.4) is 0 Å². The molecule has 0 radical (unpaired) electrons. The maximum atomic E-state index is 13.0. The fourth-order valence-electron chi connectivity index (χ4n) is 5.69. The molecule has 2 aromatic carbocycles. The van der Waals surface area contributed by atoms with Crippen LogP contribution in [0, 0.1) is 17.2 Å². The molecule has 1 aliphatic heterocycles. The zero-order chi connectivity index (χ0) is 31.3. The van der Waals surface area contributed by atoms with Crippen LogP contribution in [0.15, 0.2) is 90.0 Å². The highest BCUT2D eigenvalue weighted by Gasteiger charge is 2.30. The molecule has 0 bridgehead atoms. The first kappa shape index (κ1) is 32.5. The Kier molecular flexibility index (Phi) is 12.1. The van der Waals surface area contributed by atoms with Crippen LogP contribution in [-0.2, 0) is 13.0 Å². The molecule has 1 fully saturated rings. The average Bonchev–Trinajstić information content (AvgIpc) is 3.51. The van der Waals surface area contributed by atoms with Crippen LogP contribution in [0.4, 0.5) is 10.5 Å². The number of nitriles is 1. The summed E-state index contributed by atoms with van der Waals surface area (Å²) in [4.78, 5) is 23.2. The monoisotopic (exact) mass is 608 g/mol. The van der Waals surface area contributed by atoms with E-state index in [1.807, 2.05) is 29.4 Å². The molecule has 0 saturated carbocycles. The van der Waals surface area contributed by atoms with Crippen molar-refractivity contribution >= 4 is 36.1 Å². The zero-order valence-electron chi connectivity index (χ0n) is 25.6. The van der Waals surface area contributed by atoms with Gasteiger partial charge in [-0.15, -0.1) is 0 Å². The molecule has 1 aromatic heterocycles. The first-order chi connectivity index (χ1) is 21.4. The Balaban J connectivity index is 1.49. The number of aliphatic imine (C=N–C) groups is 1. The molecule has 2 heterocycles. The van der Waals surface area contributed by atoms with Crippen molar-refractivity contribution in [3.8, 4) is 6.07 Å². The van der Waals surface area contributed by atoms with Crippen LogP contribution >= 0.6 is 11.6 Å². The number of imidazole rings is 1. The fraction of sp³-hybridized carbons (Fsp3) is 0.333. The summed E-state index contributed by atoms with van der Waals surface area (Å²) in [6.45, 7) is 10.0. The number of aromatic nitrogens is 2. The normalized spacial score (nSPS) is 15.0. The number of nitrogens with one attached hydrogen (secondary N) is 1. The van der Waals surface area contributed by atoms with Crippen LogP contribution in [0.1, 0.15) is 67.8 Å². The van der Waals surface area contributed by atoms with Crippen LogP contribution in [0.25, 0.3) is 6.08 Å². The number of carbonyl (C=O) groups is 1. The van der Waals surface area contributed by atoms with E-state index in [1.54, 1.807) is 30.5 Å². The van der Waals surface area contributed by atoms with Gasteiger partial charge in [0.2, 0.25) is 0 Å². The van der Waals surface area contributed by atoms with Gasteiger partial charge in [-0.25, -0.2) is 9.78 Å². The van der Waals surface area contributed by atoms with Crippen LogP contribution < -0.4 is 5.32 Å². The number of piperidine rings is 1. The third-order valence-electron chi connectivity index (χ3n) is 8.15. The molecule has 3 aromatic rings. The van der Waals surface area contributed by atoms with E-state index in [-0.39, 0.29) is 11.9 Å². The summed E-state index contributed by atoms with van der Waals surface area (Å²) in [7, 11) is 0. The van der Waals surface area contributed by atoms with E-state index in [0.717, 1.165) is 54.9 Å². The van der Waals surface area contributed by atoms with E-state index < -0.39 is 0 Å². The lowest BCUT2D eigenvalue weighted by molar-refractivity contribution is 0.173. The van der Waals surface area contributed by atoms with Crippen LogP contribution in [0.5, 0.6) is 0 Å². The molecular formula is C36H41ClN6O. The highest BCUT2D eigenvalue weighted by molar-refractivity contribution is 6.30. The number of anilines is 1. The summed E-state index contributed by atoms with van der Waals surface area (Å²) < 4.78 is 2.15. The van der Waals surface area contributed by atoms with Crippen molar-refractivity contribution < 1.29 is 4.79 Å². The third-order valence-corrected chi connectivity index (χ3v) is 8.39. The number of hydrogen-bond donors (Lipinski definition) is 1. The van der Waals surface area contributed by atoms with Gasteiger partial charge < -0.3 is 14.8 Å². The number of rotatable bonds is 12. The fourth-order valence-corrected chi connectivity index (χ4v) is 5.87. The van der Waals surface area contributed by atoms with Gasteiger partial charge in [-0.3, -0.25) is 4.99 Å². The minimum absolute atomic E-state index is 0.110. The van der Waals surface area contributed by atoms with Crippen molar-refractivity contribution in [3.05, 3.63) is 112 Å². The number of halogens is 1. The summed E-state index contributed by atoms with van der Waals surface area (Å²) in [5, 5.41) is 12.7. The van der Waals surface area contributed by atoms with Crippen LogP contribution in [-0.4, -0.2) is 40.3 Å². The summed E-state index contributed by atoms with van der Waals surface area (Å²) in [5.41, 5.74) is 6.07. The molecule has 44 heavy (non-hydrogen) atoms. The van der Waals surface area contributed by atoms with Gasteiger partial charge >= 0.3 is 6.03 Å². The highest BCUT2D eigenvalue weighted by atomic mass is 35.5. The molecule has 8 heteroatoms. The Morgan fingerprint density at radius 1 is 1.23 bits per heavy atom. The largest absolute Gasteiger partial charge is 0.337 e. The van der Waals surface area contributed by atoms with Crippen molar-refractivity contribution in [3.63, 3.8) is 0 Å². The summed E-state index contributed by atoms with van der Waals surface area (Å²) >= 11 is 6.53. The topological polar surface area (TPSA) is 86.3 Å². The molecule has 1 saturated heterocycles. The lowest BCUT2D eigenvalue weighted by Gasteiger charge is -2.36. The van der Waals surface area contributed by atoms with Gasteiger partial charge in [0.05, 0.1) is 23.7 Å². The Bertz CT molecular complexity index is 1540. The first-order valence-electron chi connectivity index (χ1n) is 15.2. The van der Waals surface area contributed by atoms with Crippen molar-refractivity contribution in [1.29, 1.82) is 5.26 Å². The number of carbonyl (C=O) groups excluding carboxylic acids is 1. The summed E-state index contributed by atoms with van der Waals surface area (Å²) in [5.74, 6) is 0.657. The summed E-state index contributed by atoms with van der Waals surface area (Å²) in [6, 6.07) is 15.2. The molecule has 1 atom stereocenters. The Morgan fingerprint density at radius 3 is 2.68 bits per heavy atom. The molecule has 1 aliphatic rings. The Morgan fingerprint density at radius 2 is 2.00 bits per heavy atom. The molecule has 0 aliphatic carbocycles. The smallest absolute Gasteiger partial charge is 0.321 e. The van der Waals surface area contributed by atoms with Crippen molar-refractivity contribution in [2.24, 2.45) is 10.9 Å². The van der Waals surface area contributed by atoms with Gasteiger partial charge in [-0.1, -0.05) is 48.4 Å². The minimum Gasteiger partial charge on any atom is -0.337 e. The summed E-state index contributed by atoms with van der Waals surface area (Å²) in [6.07, 6.45) is 18.6. The number of aryl methyl sites for hydroxylation is 2.